The predicted octanol–water partition coefficient (Wildman–Crippen LogP) is 4.85. The number of halogens is 3. The van der Waals surface area contributed by atoms with Crippen molar-refractivity contribution in [2.24, 2.45) is 0 Å². The number of nitrogens with zero attached hydrogens (tertiary/aromatic N) is 4. The lowest BCUT2D eigenvalue weighted by atomic mass is 9.88. The Morgan fingerprint density at radius 3 is 2.55 bits per heavy atom. The van der Waals surface area contributed by atoms with Gasteiger partial charge in [0.25, 0.3) is 6.01 Å². The molecule has 1 N–H and O–H groups in total. The number of ether oxygens (including phenoxy) is 2. The Hall–Kier alpha value is -3.39. The summed E-state index contributed by atoms with van der Waals surface area (Å²) in [6, 6.07) is 2.29. The molecule has 3 aromatic rings. The van der Waals surface area contributed by atoms with E-state index in [0.29, 0.717) is 30.1 Å². The van der Waals surface area contributed by atoms with Crippen LogP contribution in [0, 0.1) is 0 Å². The van der Waals surface area contributed by atoms with E-state index < -0.39 is 29.9 Å². The monoisotopic (exact) mass is 554 g/mol. The van der Waals surface area contributed by atoms with E-state index in [-0.39, 0.29) is 41.4 Å². The lowest BCUT2D eigenvalue weighted by molar-refractivity contribution is -0.253. The molecule has 38 heavy (non-hydrogen) atoms. The minimum atomic E-state index is -4.90. The summed E-state index contributed by atoms with van der Waals surface area (Å²) in [4.78, 5) is 35.6. The van der Waals surface area contributed by atoms with Crippen LogP contribution < -0.4 is 4.90 Å². The number of piperidine rings is 1. The molecule has 0 radical (unpaired) electrons. The van der Waals surface area contributed by atoms with E-state index in [2.05, 4.69) is 9.97 Å². The zero-order valence-electron chi connectivity index (χ0n) is 20.7. The Morgan fingerprint density at radius 1 is 1.26 bits per heavy atom. The molecule has 0 aliphatic carbocycles. The van der Waals surface area contributed by atoms with Gasteiger partial charge in [-0.2, -0.15) is 18.2 Å². The molecule has 204 valence electrons. The number of carbonyl (C=O) groups is 2. The van der Waals surface area contributed by atoms with E-state index >= 15 is 0 Å². The van der Waals surface area contributed by atoms with Crippen LogP contribution in [0.3, 0.4) is 0 Å². The molecule has 3 unspecified atom stereocenters. The van der Waals surface area contributed by atoms with Gasteiger partial charge in [0, 0.05) is 30.2 Å². The molecular formula is C24H25F3N4O6S. The third-order valence-corrected chi connectivity index (χ3v) is 7.48. The van der Waals surface area contributed by atoms with Crippen LogP contribution in [0.4, 0.5) is 24.0 Å². The van der Waals surface area contributed by atoms with Gasteiger partial charge >= 0.3 is 18.2 Å². The maximum Gasteiger partial charge on any atom is 0.418 e. The van der Waals surface area contributed by atoms with E-state index in [0.717, 1.165) is 0 Å². The summed E-state index contributed by atoms with van der Waals surface area (Å²) in [5.74, 6) is -0.929. The van der Waals surface area contributed by atoms with Gasteiger partial charge in [0.15, 0.2) is 17.3 Å². The number of esters is 1. The largest absolute Gasteiger partial charge is 0.465 e. The number of thiazole rings is 1. The fourth-order valence-electron chi connectivity index (χ4n) is 4.92. The van der Waals surface area contributed by atoms with Crippen LogP contribution >= 0.6 is 11.3 Å². The Balaban J connectivity index is 1.58. The van der Waals surface area contributed by atoms with Crippen molar-refractivity contribution in [2.75, 3.05) is 24.6 Å². The molecule has 3 aliphatic heterocycles. The highest BCUT2D eigenvalue weighted by molar-refractivity contribution is 7.13. The van der Waals surface area contributed by atoms with Gasteiger partial charge in [0.1, 0.15) is 10.5 Å². The number of hydrogen-bond donors (Lipinski definition) is 1. The number of rotatable bonds is 7. The number of piperazine rings is 1. The van der Waals surface area contributed by atoms with Gasteiger partial charge in [-0.1, -0.05) is 6.07 Å². The third kappa shape index (κ3) is 4.55. The summed E-state index contributed by atoms with van der Waals surface area (Å²) in [5, 5.41) is 11.7. The van der Waals surface area contributed by atoms with Crippen molar-refractivity contribution in [1.29, 1.82) is 0 Å². The van der Waals surface area contributed by atoms with Crippen molar-refractivity contribution in [1.82, 2.24) is 14.9 Å². The molecule has 6 rings (SSSR count). The average Bonchev–Trinajstić information content (AvgIpc) is 3.52. The van der Waals surface area contributed by atoms with Crippen molar-refractivity contribution in [3.63, 3.8) is 0 Å². The molecule has 3 fully saturated rings. The van der Waals surface area contributed by atoms with Gasteiger partial charge < -0.3 is 23.9 Å². The van der Waals surface area contributed by atoms with Gasteiger partial charge in [-0.05, 0) is 33.3 Å². The highest BCUT2D eigenvalue weighted by atomic mass is 32.1. The normalized spacial score (nSPS) is 20.4. The van der Waals surface area contributed by atoms with Crippen molar-refractivity contribution in [2.45, 2.75) is 57.2 Å². The summed E-state index contributed by atoms with van der Waals surface area (Å²) in [6.45, 7) is 4.56. The number of aromatic nitrogens is 2. The van der Waals surface area contributed by atoms with E-state index in [1.807, 2.05) is 0 Å². The number of oxazole rings is 1. The highest BCUT2D eigenvalue weighted by Crippen LogP contribution is 2.45. The second-order valence-corrected chi connectivity index (χ2v) is 10.5. The van der Waals surface area contributed by atoms with E-state index in [1.165, 1.54) is 42.2 Å². The second kappa shape index (κ2) is 9.42. The molecule has 3 aliphatic rings. The number of benzene rings is 1. The fraction of sp³-hybridized carbons (Fsp3) is 0.500. The summed E-state index contributed by atoms with van der Waals surface area (Å²) in [6.07, 6.45) is -6.14. The SMILES string of the molecule is CCOC(=O)C(C)(C)OC(c1ccc(-c2nccs2)c2oc(N3CC4CC(C3)N4C(=O)O)nc12)C(F)(F)F. The van der Waals surface area contributed by atoms with E-state index in [4.69, 9.17) is 13.9 Å². The summed E-state index contributed by atoms with van der Waals surface area (Å²) in [5.41, 5.74) is -1.76. The predicted molar refractivity (Wildman–Crippen MR) is 130 cm³/mol. The Morgan fingerprint density at radius 2 is 1.97 bits per heavy atom. The molecule has 2 aromatic heterocycles. The molecule has 0 spiro atoms. The first kappa shape index (κ1) is 26.2. The number of amides is 1. The lowest BCUT2D eigenvalue weighted by Crippen LogP contribution is -2.70. The molecule has 1 aromatic carbocycles. The number of fused-ring (bicyclic) bond motifs is 3. The van der Waals surface area contributed by atoms with Gasteiger partial charge in [-0.3, -0.25) is 4.90 Å². The van der Waals surface area contributed by atoms with E-state index in [9.17, 15) is 27.9 Å². The Kier molecular flexibility index (Phi) is 6.50. The summed E-state index contributed by atoms with van der Waals surface area (Å²) >= 11 is 1.29. The van der Waals surface area contributed by atoms with Gasteiger partial charge in [0.05, 0.1) is 24.3 Å². The van der Waals surface area contributed by atoms with Crippen LogP contribution in [0.2, 0.25) is 0 Å². The number of carbonyl (C=O) groups excluding carboxylic acids is 1. The van der Waals surface area contributed by atoms with Crippen LogP contribution in [0.5, 0.6) is 0 Å². The topological polar surface area (TPSA) is 118 Å². The van der Waals surface area contributed by atoms with Gasteiger partial charge in [-0.15, -0.1) is 11.3 Å². The molecule has 3 atom stereocenters. The molecule has 2 bridgehead atoms. The van der Waals surface area contributed by atoms with Gasteiger partial charge in [0.2, 0.25) is 0 Å². The van der Waals surface area contributed by atoms with Crippen LogP contribution in [0.25, 0.3) is 21.7 Å². The molecule has 0 saturated carbocycles. The fourth-order valence-corrected chi connectivity index (χ4v) is 5.58. The van der Waals surface area contributed by atoms with Gasteiger partial charge in [-0.25, -0.2) is 14.6 Å². The minimum absolute atomic E-state index is 0.0150. The minimum Gasteiger partial charge on any atom is -0.465 e. The molecule has 1 amide bonds. The first-order chi connectivity index (χ1) is 17.9. The first-order valence-corrected chi connectivity index (χ1v) is 12.8. The van der Waals surface area contributed by atoms with Crippen molar-refractivity contribution in [3.05, 3.63) is 29.3 Å². The molecule has 14 heteroatoms. The molecule has 10 nitrogen and oxygen atoms in total. The zero-order chi connectivity index (χ0) is 27.4. The zero-order valence-corrected chi connectivity index (χ0v) is 21.5. The maximum atomic E-state index is 14.4. The first-order valence-electron chi connectivity index (χ1n) is 11.9. The lowest BCUT2D eigenvalue weighted by Gasteiger charge is -2.54. The second-order valence-electron chi connectivity index (χ2n) is 9.62. The number of carboxylic acid groups (broad SMARTS) is 1. The van der Waals surface area contributed by atoms with Crippen LogP contribution in [0.1, 0.15) is 38.9 Å². The molecule has 3 saturated heterocycles. The van der Waals surface area contributed by atoms with Crippen LogP contribution in [-0.4, -0.2) is 75.6 Å². The van der Waals surface area contributed by atoms with E-state index in [1.54, 1.807) is 23.4 Å². The standard InChI is InChI=1S/C24H25F3N4O6S/c1-4-35-20(32)23(2,3)37-18(24(25,26)27)14-5-6-15(19-28-7-8-38-19)17-16(14)29-21(36-17)30-10-12-9-13(11-30)31(12)22(33)34/h5-8,12-13,18H,4,9-11H2,1-3H3,(H,33,34). The summed E-state index contributed by atoms with van der Waals surface area (Å²) < 4.78 is 59.6. The number of alkyl halides is 3. The van der Waals surface area contributed by atoms with Crippen molar-refractivity contribution < 1.29 is 41.8 Å². The molecule has 5 heterocycles. The maximum absolute atomic E-state index is 14.4. The Bertz CT molecular complexity index is 1350. The van der Waals surface area contributed by atoms with Crippen molar-refractivity contribution >= 4 is 40.5 Å². The van der Waals surface area contributed by atoms with Crippen molar-refractivity contribution in [3.8, 4) is 10.6 Å². The highest BCUT2D eigenvalue weighted by Gasteiger charge is 2.50. The average molecular weight is 555 g/mol. The number of anilines is 1. The smallest absolute Gasteiger partial charge is 0.418 e. The third-order valence-electron chi connectivity index (χ3n) is 6.67. The van der Waals surface area contributed by atoms with Crippen LogP contribution in [0.15, 0.2) is 28.1 Å². The number of hydrogen-bond acceptors (Lipinski definition) is 9. The summed E-state index contributed by atoms with van der Waals surface area (Å²) in [7, 11) is 0. The quantitative estimate of drug-likeness (QED) is 0.409. The Labute approximate surface area is 219 Å². The molecular weight excluding hydrogens is 529 g/mol. The van der Waals surface area contributed by atoms with Crippen LogP contribution in [-0.2, 0) is 14.3 Å².